The van der Waals surface area contributed by atoms with Crippen LogP contribution in [0, 0.1) is 5.92 Å². The number of ether oxygens (including phenoxy) is 1. The van der Waals surface area contributed by atoms with Gasteiger partial charge >= 0.3 is 0 Å². The summed E-state index contributed by atoms with van der Waals surface area (Å²) in [7, 11) is 0. The number of nitrogens with one attached hydrogen (secondary N) is 1. The van der Waals surface area contributed by atoms with Crippen molar-refractivity contribution >= 4 is 16.5 Å². The maximum absolute atomic E-state index is 5.58. The maximum atomic E-state index is 5.58. The van der Waals surface area contributed by atoms with Gasteiger partial charge in [0.2, 0.25) is 0 Å². The van der Waals surface area contributed by atoms with Crippen molar-refractivity contribution in [2.75, 3.05) is 31.1 Å². The molecule has 0 amide bonds. The first-order valence-electron chi connectivity index (χ1n) is 7.26. The van der Waals surface area contributed by atoms with Gasteiger partial charge in [0.15, 0.2) is 5.13 Å². The molecule has 4 nitrogen and oxygen atoms in total. The third-order valence-electron chi connectivity index (χ3n) is 3.81. The average molecular weight is 283 g/mol. The van der Waals surface area contributed by atoms with Crippen molar-refractivity contribution < 1.29 is 4.74 Å². The highest BCUT2D eigenvalue weighted by molar-refractivity contribution is 7.15. The van der Waals surface area contributed by atoms with E-state index in [0.717, 1.165) is 37.9 Å². The van der Waals surface area contributed by atoms with E-state index >= 15 is 0 Å². The summed E-state index contributed by atoms with van der Waals surface area (Å²) in [4.78, 5) is 8.11. The number of rotatable bonds is 7. The van der Waals surface area contributed by atoms with Crippen LogP contribution >= 0.6 is 11.3 Å². The van der Waals surface area contributed by atoms with Gasteiger partial charge in [0, 0.05) is 43.9 Å². The third-order valence-corrected chi connectivity index (χ3v) is 4.87. The first kappa shape index (κ1) is 14.8. The van der Waals surface area contributed by atoms with Crippen molar-refractivity contribution in [3.63, 3.8) is 0 Å². The van der Waals surface area contributed by atoms with Crippen LogP contribution in [-0.2, 0) is 11.3 Å². The van der Waals surface area contributed by atoms with Crippen molar-refractivity contribution in [1.82, 2.24) is 10.3 Å². The Morgan fingerprint density at radius 2 is 2.26 bits per heavy atom. The quantitative estimate of drug-likeness (QED) is 0.834. The molecular weight excluding hydrogens is 258 g/mol. The Hall–Kier alpha value is -0.650. The van der Waals surface area contributed by atoms with E-state index in [2.05, 4.69) is 36.0 Å². The first-order valence-corrected chi connectivity index (χ1v) is 8.08. The topological polar surface area (TPSA) is 37.4 Å². The summed E-state index contributed by atoms with van der Waals surface area (Å²) in [5.74, 6) is 0.662. The third kappa shape index (κ3) is 3.91. The van der Waals surface area contributed by atoms with Crippen molar-refractivity contribution in [2.45, 2.75) is 39.8 Å². The van der Waals surface area contributed by atoms with E-state index < -0.39 is 0 Å². The summed E-state index contributed by atoms with van der Waals surface area (Å²) in [6.07, 6.45) is 3.58. The van der Waals surface area contributed by atoms with Gasteiger partial charge in [0.25, 0.3) is 0 Å². The van der Waals surface area contributed by atoms with E-state index in [9.17, 15) is 0 Å². The molecule has 108 valence electrons. The van der Waals surface area contributed by atoms with Crippen molar-refractivity contribution in [3.8, 4) is 0 Å². The molecule has 0 radical (unpaired) electrons. The fourth-order valence-corrected chi connectivity index (χ4v) is 3.45. The minimum absolute atomic E-state index is 0.403. The minimum atomic E-state index is 0.403. The average Bonchev–Trinajstić information content (AvgIpc) is 3.02. The molecule has 1 N–H and O–H groups in total. The zero-order chi connectivity index (χ0) is 13.7. The smallest absolute Gasteiger partial charge is 0.185 e. The Labute approximate surface area is 120 Å². The van der Waals surface area contributed by atoms with E-state index in [-0.39, 0.29) is 0 Å². The van der Waals surface area contributed by atoms with Crippen LogP contribution in [0.3, 0.4) is 0 Å². The Balaban J connectivity index is 1.77. The molecule has 2 heterocycles. The van der Waals surface area contributed by atoms with E-state index in [1.54, 1.807) is 11.3 Å². The lowest BCUT2D eigenvalue weighted by molar-refractivity contribution is 0.105. The first-order chi connectivity index (χ1) is 9.24. The van der Waals surface area contributed by atoms with E-state index in [0.29, 0.717) is 12.0 Å². The molecule has 1 saturated heterocycles. The molecule has 2 rings (SSSR count). The van der Waals surface area contributed by atoms with Gasteiger partial charge in [-0.25, -0.2) is 4.98 Å². The fraction of sp³-hybridized carbons (Fsp3) is 0.786. The molecule has 0 spiro atoms. The second-order valence-electron chi connectivity index (χ2n) is 5.04. The number of hydrogen-bond acceptors (Lipinski definition) is 5. The van der Waals surface area contributed by atoms with Crippen molar-refractivity contribution in [3.05, 3.63) is 11.1 Å². The molecule has 0 saturated carbocycles. The summed E-state index contributed by atoms with van der Waals surface area (Å²) >= 11 is 1.79. The van der Waals surface area contributed by atoms with Crippen LogP contribution in [0.2, 0.25) is 0 Å². The van der Waals surface area contributed by atoms with Gasteiger partial charge < -0.3 is 15.0 Å². The van der Waals surface area contributed by atoms with Gasteiger partial charge in [-0.15, -0.1) is 11.3 Å². The molecule has 1 aliphatic heterocycles. The van der Waals surface area contributed by atoms with Crippen LogP contribution in [0.1, 0.15) is 32.1 Å². The molecule has 1 aromatic heterocycles. The fourth-order valence-electron chi connectivity index (χ4n) is 2.44. The number of hydrogen-bond donors (Lipinski definition) is 1. The zero-order valence-electron chi connectivity index (χ0n) is 12.2. The zero-order valence-corrected chi connectivity index (χ0v) is 13.0. The number of nitrogens with zero attached hydrogens (tertiary/aromatic N) is 2. The van der Waals surface area contributed by atoms with E-state index in [1.807, 2.05) is 6.20 Å². The van der Waals surface area contributed by atoms with Crippen LogP contribution in [0.15, 0.2) is 6.20 Å². The number of anilines is 1. The number of aromatic nitrogens is 1. The van der Waals surface area contributed by atoms with Gasteiger partial charge in [-0.3, -0.25) is 0 Å². The van der Waals surface area contributed by atoms with Crippen LogP contribution in [0.5, 0.6) is 0 Å². The Morgan fingerprint density at radius 1 is 1.47 bits per heavy atom. The second-order valence-corrected chi connectivity index (χ2v) is 6.13. The summed E-state index contributed by atoms with van der Waals surface area (Å²) in [6.45, 7) is 11.4. The standard InChI is InChI=1S/C14H25N3OS/c1-4-17(5-2)14-16-10-13(19-14)9-15-8-12-6-7-18-11(12)3/h10-12,15H,4-9H2,1-3H3. The number of thiazole rings is 1. The van der Waals surface area contributed by atoms with Gasteiger partial charge in [0.1, 0.15) is 0 Å². The van der Waals surface area contributed by atoms with E-state index in [1.165, 1.54) is 11.3 Å². The summed E-state index contributed by atoms with van der Waals surface area (Å²) in [5, 5.41) is 4.67. The minimum Gasteiger partial charge on any atom is -0.378 e. The summed E-state index contributed by atoms with van der Waals surface area (Å²) in [5.41, 5.74) is 0. The van der Waals surface area contributed by atoms with Crippen molar-refractivity contribution in [1.29, 1.82) is 0 Å². The monoisotopic (exact) mass is 283 g/mol. The van der Waals surface area contributed by atoms with Crippen LogP contribution in [0.25, 0.3) is 0 Å². The highest BCUT2D eigenvalue weighted by Crippen LogP contribution is 2.23. The Morgan fingerprint density at radius 3 is 2.89 bits per heavy atom. The largest absolute Gasteiger partial charge is 0.378 e. The van der Waals surface area contributed by atoms with Gasteiger partial charge in [-0.1, -0.05) is 0 Å². The van der Waals surface area contributed by atoms with Crippen molar-refractivity contribution in [2.24, 2.45) is 5.92 Å². The predicted molar refractivity (Wildman–Crippen MR) is 80.9 cm³/mol. The lowest BCUT2D eigenvalue weighted by Crippen LogP contribution is -2.26. The maximum Gasteiger partial charge on any atom is 0.185 e. The normalized spacial score (nSPS) is 22.9. The van der Waals surface area contributed by atoms with Crippen LogP contribution in [0.4, 0.5) is 5.13 Å². The molecule has 5 heteroatoms. The SMILES string of the molecule is CCN(CC)c1ncc(CNCC2CCOC2C)s1. The molecular formula is C14H25N3OS. The van der Waals surface area contributed by atoms with E-state index in [4.69, 9.17) is 4.74 Å². The van der Waals surface area contributed by atoms with Gasteiger partial charge in [-0.2, -0.15) is 0 Å². The molecule has 1 fully saturated rings. The lowest BCUT2D eigenvalue weighted by Gasteiger charge is -2.16. The molecule has 1 aliphatic rings. The molecule has 19 heavy (non-hydrogen) atoms. The molecule has 2 atom stereocenters. The van der Waals surface area contributed by atoms with Gasteiger partial charge in [0.05, 0.1) is 6.10 Å². The molecule has 0 aromatic carbocycles. The highest BCUT2D eigenvalue weighted by atomic mass is 32.1. The summed E-state index contributed by atoms with van der Waals surface area (Å²) in [6, 6.07) is 0. The molecule has 0 aliphatic carbocycles. The highest BCUT2D eigenvalue weighted by Gasteiger charge is 2.23. The Bertz CT molecular complexity index is 379. The molecule has 1 aromatic rings. The van der Waals surface area contributed by atoms with Crippen LogP contribution in [-0.4, -0.2) is 37.3 Å². The van der Waals surface area contributed by atoms with Gasteiger partial charge in [-0.05, 0) is 33.1 Å². The second kappa shape index (κ2) is 7.22. The molecule has 2 unspecified atom stereocenters. The Kier molecular flexibility index (Phi) is 5.60. The van der Waals surface area contributed by atoms with Crippen LogP contribution < -0.4 is 10.2 Å². The summed E-state index contributed by atoms with van der Waals surface area (Å²) < 4.78 is 5.58. The predicted octanol–water partition coefficient (Wildman–Crippen LogP) is 2.50. The lowest BCUT2D eigenvalue weighted by atomic mass is 10.0. The molecule has 0 bridgehead atoms.